The molecule has 1 rings (SSSR count). The van der Waals surface area contributed by atoms with Crippen LogP contribution in [0.1, 0.15) is 33.6 Å². The van der Waals surface area contributed by atoms with Crippen LogP contribution in [0.5, 0.6) is 0 Å². The third kappa shape index (κ3) is 2.84. The van der Waals surface area contributed by atoms with Gasteiger partial charge in [0, 0.05) is 6.10 Å². The molecule has 1 aliphatic carbocycles. The van der Waals surface area contributed by atoms with Crippen molar-refractivity contribution in [1.82, 2.24) is 5.01 Å². The fourth-order valence-corrected chi connectivity index (χ4v) is 2.94. The Bertz CT molecular complexity index is 257. The Kier molecular flexibility index (Phi) is 3.82. The van der Waals surface area contributed by atoms with E-state index in [9.17, 15) is 4.79 Å². The highest BCUT2D eigenvalue weighted by Gasteiger charge is 2.43. The fraction of sp³-hybridized carbons (Fsp3) is 0.909. The molecule has 0 radical (unpaired) electrons. The highest BCUT2D eigenvalue weighted by Crippen LogP contribution is 2.40. The monoisotopic (exact) mass is 244 g/mol. The van der Waals surface area contributed by atoms with Gasteiger partial charge in [-0.25, -0.2) is 5.84 Å². The van der Waals surface area contributed by atoms with Crippen LogP contribution in [0.2, 0.25) is 18.1 Å². The van der Waals surface area contributed by atoms with Gasteiger partial charge in [0.1, 0.15) is 0 Å². The van der Waals surface area contributed by atoms with Crippen LogP contribution >= 0.6 is 0 Å². The molecule has 0 atom stereocenters. The standard InChI is InChI=1S/C11H24N2O2Si/c1-11(2,3)16(4,5)15-10-6-9(7-10)13(12)8-14/h8-10H,6-7,12H2,1-5H3. The summed E-state index contributed by atoms with van der Waals surface area (Å²) in [6.45, 7) is 11.2. The summed E-state index contributed by atoms with van der Waals surface area (Å²) in [7, 11) is -1.66. The van der Waals surface area contributed by atoms with Crippen molar-refractivity contribution in [3.05, 3.63) is 0 Å². The number of rotatable bonds is 4. The van der Waals surface area contributed by atoms with Crippen molar-refractivity contribution in [1.29, 1.82) is 0 Å². The van der Waals surface area contributed by atoms with Crippen molar-refractivity contribution in [2.45, 2.75) is 63.9 Å². The first-order valence-corrected chi connectivity index (χ1v) is 8.74. The predicted octanol–water partition coefficient (Wildman–Crippen LogP) is 1.87. The fourth-order valence-electron chi connectivity index (χ4n) is 1.56. The van der Waals surface area contributed by atoms with E-state index < -0.39 is 8.32 Å². The summed E-state index contributed by atoms with van der Waals surface area (Å²) in [6, 6.07) is 0.173. The van der Waals surface area contributed by atoms with Gasteiger partial charge in [-0.3, -0.25) is 9.80 Å². The third-order valence-electron chi connectivity index (χ3n) is 3.88. The van der Waals surface area contributed by atoms with Gasteiger partial charge in [-0.15, -0.1) is 0 Å². The van der Waals surface area contributed by atoms with Crippen LogP contribution in [0.4, 0.5) is 0 Å². The second-order valence-electron chi connectivity index (χ2n) is 6.18. The molecule has 0 aromatic carbocycles. The van der Waals surface area contributed by atoms with Gasteiger partial charge in [0.15, 0.2) is 8.32 Å². The summed E-state index contributed by atoms with van der Waals surface area (Å²) in [5.74, 6) is 5.51. The third-order valence-corrected chi connectivity index (χ3v) is 8.42. The first-order chi connectivity index (χ1) is 7.17. The number of hydrazine groups is 1. The Labute approximate surface area is 99.2 Å². The van der Waals surface area contributed by atoms with E-state index in [-0.39, 0.29) is 17.2 Å². The van der Waals surface area contributed by atoms with Gasteiger partial charge in [0.2, 0.25) is 6.41 Å². The molecule has 0 aromatic heterocycles. The smallest absolute Gasteiger partial charge is 0.223 e. The number of nitrogens with zero attached hydrogens (tertiary/aromatic N) is 1. The number of amides is 1. The number of carbonyl (C=O) groups is 1. The minimum absolute atomic E-state index is 0.173. The Morgan fingerprint density at radius 3 is 2.25 bits per heavy atom. The first kappa shape index (κ1) is 13.7. The first-order valence-electron chi connectivity index (χ1n) is 5.83. The van der Waals surface area contributed by atoms with Crippen molar-refractivity contribution < 1.29 is 9.22 Å². The zero-order valence-corrected chi connectivity index (χ0v) is 12.0. The zero-order chi connectivity index (χ0) is 12.6. The number of nitrogens with two attached hydrogens (primary N) is 1. The van der Waals surface area contributed by atoms with E-state index in [0.29, 0.717) is 6.41 Å². The average molecular weight is 244 g/mol. The SMILES string of the molecule is CC(C)(C)[Si](C)(C)OC1CC(N(N)C=O)C1. The maximum atomic E-state index is 10.5. The van der Waals surface area contributed by atoms with Crippen molar-refractivity contribution >= 4 is 14.7 Å². The predicted molar refractivity (Wildman–Crippen MR) is 67.2 cm³/mol. The van der Waals surface area contributed by atoms with E-state index in [2.05, 4.69) is 33.9 Å². The van der Waals surface area contributed by atoms with Gasteiger partial charge in [0.05, 0.1) is 6.04 Å². The molecule has 1 amide bonds. The van der Waals surface area contributed by atoms with Gasteiger partial charge in [-0.05, 0) is 31.0 Å². The lowest BCUT2D eigenvalue weighted by atomic mass is 9.89. The molecule has 0 spiro atoms. The normalized spacial score (nSPS) is 26.1. The molecule has 1 saturated carbocycles. The lowest BCUT2D eigenvalue weighted by Crippen LogP contribution is -2.54. The Hall–Kier alpha value is -0.393. The van der Waals surface area contributed by atoms with E-state index in [0.717, 1.165) is 12.8 Å². The van der Waals surface area contributed by atoms with Gasteiger partial charge >= 0.3 is 0 Å². The molecule has 0 unspecified atom stereocenters. The van der Waals surface area contributed by atoms with Crippen LogP contribution < -0.4 is 5.84 Å². The van der Waals surface area contributed by atoms with E-state index in [1.54, 1.807) is 0 Å². The van der Waals surface area contributed by atoms with Crippen molar-refractivity contribution in [3.63, 3.8) is 0 Å². The van der Waals surface area contributed by atoms with Gasteiger partial charge < -0.3 is 4.43 Å². The minimum Gasteiger partial charge on any atom is -0.414 e. The van der Waals surface area contributed by atoms with Crippen LogP contribution in [-0.4, -0.2) is 31.9 Å². The van der Waals surface area contributed by atoms with Gasteiger partial charge in [-0.2, -0.15) is 0 Å². The van der Waals surface area contributed by atoms with Crippen LogP contribution in [0.15, 0.2) is 0 Å². The summed E-state index contributed by atoms with van der Waals surface area (Å²) < 4.78 is 6.20. The topological polar surface area (TPSA) is 55.6 Å². The molecular weight excluding hydrogens is 220 g/mol. The maximum Gasteiger partial charge on any atom is 0.223 e. The van der Waals surface area contributed by atoms with Crippen LogP contribution in [0.25, 0.3) is 0 Å². The zero-order valence-electron chi connectivity index (χ0n) is 11.0. The van der Waals surface area contributed by atoms with Crippen molar-refractivity contribution in [2.75, 3.05) is 0 Å². The molecule has 1 aliphatic rings. The Morgan fingerprint density at radius 2 is 1.88 bits per heavy atom. The highest BCUT2D eigenvalue weighted by atomic mass is 28.4. The van der Waals surface area contributed by atoms with Crippen LogP contribution in [-0.2, 0) is 9.22 Å². The molecule has 5 heteroatoms. The lowest BCUT2D eigenvalue weighted by molar-refractivity contribution is -0.124. The van der Waals surface area contributed by atoms with Gasteiger partial charge in [-0.1, -0.05) is 20.8 Å². The quantitative estimate of drug-likeness (QED) is 0.270. The number of hydrogen-bond donors (Lipinski definition) is 1. The highest BCUT2D eigenvalue weighted by molar-refractivity contribution is 6.74. The molecule has 1 fully saturated rings. The Morgan fingerprint density at radius 1 is 1.38 bits per heavy atom. The average Bonchev–Trinajstić information content (AvgIpc) is 2.07. The molecule has 2 N–H and O–H groups in total. The second-order valence-corrected chi connectivity index (χ2v) is 10.9. The molecule has 16 heavy (non-hydrogen) atoms. The van der Waals surface area contributed by atoms with Crippen LogP contribution in [0, 0.1) is 0 Å². The van der Waals surface area contributed by atoms with E-state index in [4.69, 9.17) is 10.3 Å². The van der Waals surface area contributed by atoms with Gasteiger partial charge in [0.25, 0.3) is 0 Å². The largest absolute Gasteiger partial charge is 0.414 e. The summed E-state index contributed by atoms with van der Waals surface area (Å²) in [4.78, 5) is 10.5. The summed E-state index contributed by atoms with van der Waals surface area (Å²) in [5, 5.41) is 1.50. The summed E-state index contributed by atoms with van der Waals surface area (Å²) in [5.41, 5.74) is 0. The minimum atomic E-state index is -1.66. The molecule has 0 aromatic rings. The molecule has 0 aliphatic heterocycles. The molecule has 94 valence electrons. The maximum absolute atomic E-state index is 10.5. The summed E-state index contributed by atoms with van der Waals surface area (Å²) >= 11 is 0. The molecule has 0 saturated heterocycles. The van der Waals surface area contributed by atoms with E-state index >= 15 is 0 Å². The molecule has 0 heterocycles. The number of carbonyl (C=O) groups excluding carboxylic acids is 1. The van der Waals surface area contributed by atoms with E-state index in [1.807, 2.05) is 0 Å². The molecule has 4 nitrogen and oxygen atoms in total. The molecule has 0 bridgehead atoms. The second kappa shape index (κ2) is 4.47. The van der Waals surface area contributed by atoms with Crippen molar-refractivity contribution in [3.8, 4) is 0 Å². The lowest BCUT2D eigenvalue weighted by Gasteiger charge is -2.46. The van der Waals surface area contributed by atoms with Crippen LogP contribution in [0.3, 0.4) is 0 Å². The Balaban J connectivity index is 2.40. The number of hydrogen-bond acceptors (Lipinski definition) is 3. The van der Waals surface area contributed by atoms with Crippen molar-refractivity contribution in [2.24, 2.45) is 5.84 Å². The molecular formula is C11H24N2O2Si. The summed E-state index contributed by atoms with van der Waals surface area (Å²) in [6.07, 6.45) is 2.73. The van der Waals surface area contributed by atoms with E-state index in [1.165, 1.54) is 5.01 Å².